The standard InChI is InChI=1S/C16H13Cl2N5O/c1-8-9-3-2-5-19-11(9)4-6-23(8)16(24)15-21-13-12(18)10(17)7-20-14(13)22-15/h2-3,5,7-8H,4,6H2,1H3,(H,20,21,22)/t8-/m1/s1. The highest BCUT2D eigenvalue weighted by atomic mass is 35.5. The maximum Gasteiger partial charge on any atom is 0.290 e. The third-order valence-electron chi connectivity index (χ3n) is 4.31. The van der Waals surface area contributed by atoms with Crippen molar-refractivity contribution in [3.8, 4) is 0 Å². The number of nitrogens with one attached hydrogen (secondary N) is 1. The van der Waals surface area contributed by atoms with Gasteiger partial charge in [0.2, 0.25) is 0 Å². The molecule has 122 valence electrons. The van der Waals surface area contributed by atoms with E-state index in [4.69, 9.17) is 23.2 Å². The molecule has 3 aromatic heterocycles. The van der Waals surface area contributed by atoms with Crippen LogP contribution in [0.3, 0.4) is 0 Å². The molecule has 8 heteroatoms. The van der Waals surface area contributed by atoms with Crippen molar-refractivity contribution in [2.75, 3.05) is 6.54 Å². The van der Waals surface area contributed by atoms with E-state index in [1.807, 2.05) is 19.1 Å². The average molecular weight is 362 g/mol. The molecule has 1 aliphatic heterocycles. The number of carbonyl (C=O) groups is 1. The minimum atomic E-state index is -0.192. The van der Waals surface area contributed by atoms with Gasteiger partial charge in [-0.3, -0.25) is 9.78 Å². The number of aromatic amines is 1. The highest BCUT2D eigenvalue weighted by molar-refractivity contribution is 6.44. The van der Waals surface area contributed by atoms with Crippen LogP contribution >= 0.6 is 23.2 Å². The Morgan fingerprint density at radius 3 is 3.04 bits per heavy atom. The van der Waals surface area contributed by atoms with Crippen molar-refractivity contribution in [3.05, 3.63) is 51.7 Å². The summed E-state index contributed by atoms with van der Waals surface area (Å²) >= 11 is 12.1. The Morgan fingerprint density at radius 2 is 2.21 bits per heavy atom. The van der Waals surface area contributed by atoms with Crippen molar-refractivity contribution in [3.63, 3.8) is 0 Å². The molecule has 0 bridgehead atoms. The molecule has 4 heterocycles. The summed E-state index contributed by atoms with van der Waals surface area (Å²) in [6.45, 7) is 2.57. The zero-order valence-corrected chi connectivity index (χ0v) is 14.3. The van der Waals surface area contributed by atoms with Crippen LogP contribution in [0, 0.1) is 0 Å². The summed E-state index contributed by atoms with van der Waals surface area (Å²) in [7, 11) is 0. The fourth-order valence-electron chi connectivity index (χ4n) is 3.05. The second-order valence-corrected chi connectivity index (χ2v) is 6.45. The van der Waals surface area contributed by atoms with Crippen LogP contribution in [0.5, 0.6) is 0 Å². The summed E-state index contributed by atoms with van der Waals surface area (Å²) in [5.41, 5.74) is 2.95. The summed E-state index contributed by atoms with van der Waals surface area (Å²) in [6.07, 6.45) is 3.92. The van der Waals surface area contributed by atoms with Gasteiger partial charge in [0.25, 0.3) is 5.91 Å². The van der Waals surface area contributed by atoms with Gasteiger partial charge in [-0.05, 0) is 18.6 Å². The molecule has 3 aromatic rings. The molecular formula is C16H13Cl2N5O. The molecule has 0 fully saturated rings. The minimum absolute atomic E-state index is 0.0739. The predicted molar refractivity (Wildman–Crippen MR) is 91.3 cm³/mol. The van der Waals surface area contributed by atoms with Crippen LogP contribution in [-0.2, 0) is 6.42 Å². The van der Waals surface area contributed by atoms with Crippen LogP contribution in [0.25, 0.3) is 11.2 Å². The minimum Gasteiger partial charge on any atom is -0.331 e. The molecule has 0 aliphatic carbocycles. The van der Waals surface area contributed by atoms with Gasteiger partial charge in [-0.15, -0.1) is 0 Å². The number of amides is 1. The van der Waals surface area contributed by atoms with Crippen molar-refractivity contribution in [2.24, 2.45) is 0 Å². The van der Waals surface area contributed by atoms with E-state index in [0.29, 0.717) is 27.8 Å². The van der Waals surface area contributed by atoms with Gasteiger partial charge < -0.3 is 9.88 Å². The zero-order valence-electron chi connectivity index (χ0n) is 12.8. The van der Waals surface area contributed by atoms with Gasteiger partial charge in [-0.2, -0.15) is 0 Å². The van der Waals surface area contributed by atoms with Gasteiger partial charge in [-0.25, -0.2) is 9.97 Å². The van der Waals surface area contributed by atoms with Crippen molar-refractivity contribution < 1.29 is 4.79 Å². The number of halogens is 2. The Bertz CT molecular complexity index is 955. The van der Waals surface area contributed by atoms with E-state index < -0.39 is 0 Å². The topological polar surface area (TPSA) is 74.8 Å². The van der Waals surface area contributed by atoms with Gasteiger partial charge in [0, 0.05) is 31.1 Å². The third-order valence-corrected chi connectivity index (χ3v) is 5.09. The second kappa shape index (κ2) is 5.72. The molecule has 1 aliphatic rings. The molecule has 1 atom stereocenters. The van der Waals surface area contributed by atoms with Crippen LogP contribution in [0.4, 0.5) is 0 Å². The lowest BCUT2D eigenvalue weighted by molar-refractivity contribution is 0.0665. The van der Waals surface area contributed by atoms with Crippen molar-refractivity contribution in [1.82, 2.24) is 24.8 Å². The van der Waals surface area contributed by atoms with Crippen LogP contribution < -0.4 is 0 Å². The van der Waals surface area contributed by atoms with E-state index in [1.54, 1.807) is 11.1 Å². The number of hydrogen-bond acceptors (Lipinski definition) is 4. The first-order valence-electron chi connectivity index (χ1n) is 7.50. The maximum atomic E-state index is 12.9. The van der Waals surface area contributed by atoms with E-state index in [2.05, 4.69) is 19.9 Å². The molecule has 0 saturated heterocycles. The first-order chi connectivity index (χ1) is 11.6. The van der Waals surface area contributed by atoms with Gasteiger partial charge in [0.1, 0.15) is 5.52 Å². The number of imidazole rings is 1. The average Bonchev–Trinajstić information content (AvgIpc) is 3.03. The number of carbonyl (C=O) groups excluding carboxylic acids is 1. The van der Waals surface area contributed by atoms with Crippen molar-refractivity contribution in [1.29, 1.82) is 0 Å². The Kier molecular flexibility index (Phi) is 3.66. The maximum absolute atomic E-state index is 12.9. The van der Waals surface area contributed by atoms with Crippen molar-refractivity contribution in [2.45, 2.75) is 19.4 Å². The molecular weight excluding hydrogens is 349 g/mol. The lowest BCUT2D eigenvalue weighted by Crippen LogP contribution is -2.39. The molecule has 24 heavy (non-hydrogen) atoms. The predicted octanol–water partition coefficient (Wildman–Crippen LogP) is 3.42. The molecule has 4 rings (SSSR count). The van der Waals surface area contributed by atoms with Gasteiger partial charge in [0.05, 0.1) is 16.1 Å². The molecule has 6 nitrogen and oxygen atoms in total. The van der Waals surface area contributed by atoms with Crippen LogP contribution in [0.15, 0.2) is 24.5 Å². The van der Waals surface area contributed by atoms with Gasteiger partial charge in [0.15, 0.2) is 11.5 Å². The highest BCUT2D eigenvalue weighted by Gasteiger charge is 2.30. The lowest BCUT2D eigenvalue weighted by atomic mass is 9.98. The Labute approximate surface area is 147 Å². The number of rotatable bonds is 1. The molecule has 0 spiro atoms. The van der Waals surface area contributed by atoms with E-state index in [-0.39, 0.29) is 17.8 Å². The summed E-state index contributed by atoms with van der Waals surface area (Å²) in [5, 5.41) is 0.632. The molecule has 1 N–H and O–H groups in total. The Balaban J connectivity index is 1.71. The molecule has 0 unspecified atom stereocenters. The number of nitrogens with zero attached hydrogens (tertiary/aromatic N) is 4. The van der Waals surface area contributed by atoms with Crippen LogP contribution in [-0.4, -0.2) is 37.3 Å². The SMILES string of the molecule is C[C@@H]1c2cccnc2CCN1C(=O)c1nc2ncc(Cl)c(Cl)c2[nH]1. The molecule has 1 amide bonds. The van der Waals surface area contributed by atoms with E-state index >= 15 is 0 Å². The molecule has 0 aromatic carbocycles. The van der Waals surface area contributed by atoms with Crippen LogP contribution in [0.2, 0.25) is 10.0 Å². The largest absolute Gasteiger partial charge is 0.331 e. The first-order valence-corrected chi connectivity index (χ1v) is 8.26. The number of pyridine rings is 2. The summed E-state index contributed by atoms with van der Waals surface area (Å²) < 4.78 is 0. The number of fused-ring (bicyclic) bond motifs is 2. The van der Waals surface area contributed by atoms with E-state index in [9.17, 15) is 4.79 Å². The van der Waals surface area contributed by atoms with Gasteiger partial charge in [-0.1, -0.05) is 29.3 Å². The second-order valence-electron chi connectivity index (χ2n) is 5.67. The zero-order chi connectivity index (χ0) is 16.8. The Morgan fingerprint density at radius 1 is 1.38 bits per heavy atom. The highest BCUT2D eigenvalue weighted by Crippen LogP contribution is 2.31. The fraction of sp³-hybridized carbons (Fsp3) is 0.250. The summed E-state index contributed by atoms with van der Waals surface area (Å²) in [6, 6.07) is 3.81. The Hall–Kier alpha value is -2.18. The lowest BCUT2D eigenvalue weighted by Gasteiger charge is -2.34. The van der Waals surface area contributed by atoms with Crippen LogP contribution in [0.1, 0.15) is 34.8 Å². The first kappa shape index (κ1) is 15.4. The number of hydrogen-bond donors (Lipinski definition) is 1. The van der Waals surface area contributed by atoms with E-state index in [1.165, 1.54) is 6.20 Å². The van der Waals surface area contributed by atoms with E-state index in [0.717, 1.165) is 17.7 Å². The quantitative estimate of drug-likeness (QED) is 0.720. The number of aromatic nitrogens is 4. The van der Waals surface area contributed by atoms with Crippen molar-refractivity contribution >= 4 is 40.3 Å². The number of H-pyrrole nitrogens is 1. The summed E-state index contributed by atoms with van der Waals surface area (Å²) in [4.78, 5) is 30.4. The fourth-order valence-corrected chi connectivity index (χ4v) is 3.37. The summed E-state index contributed by atoms with van der Waals surface area (Å²) in [5.74, 6) is 0.0167. The monoisotopic (exact) mass is 361 g/mol. The van der Waals surface area contributed by atoms with Gasteiger partial charge >= 0.3 is 0 Å². The third kappa shape index (κ3) is 2.34. The smallest absolute Gasteiger partial charge is 0.290 e. The molecule has 0 saturated carbocycles. The normalized spacial score (nSPS) is 17.1. The molecule has 0 radical (unpaired) electrons.